The maximum atomic E-state index is 12.4. The van der Waals surface area contributed by atoms with Gasteiger partial charge in [0.05, 0.1) is 25.3 Å². The average Bonchev–Trinajstić information content (AvgIpc) is 2.66. The molecule has 1 aromatic rings. The Bertz CT molecular complexity index is 640. The maximum absolute atomic E-state index is 12.4. The monoisotopic (exact) mass is 398 g/mol. The summed E-state index contributed by atoms with van der Waals surface area (Å²) in [5.74, 6) is -0.535. The molecule has 0 aromatic heterocycles. The molecule has 1 aliphatic rings. The van der Waals surface area contributed by atoms with Gasteiger partial charge in [0.1, 0.15) is 0 Å². The first-order valence-electron chi connectivity index (χ1n) is 8.77. The second kappa shape index (κ2) is 10.9. The van der Waals surface area contributed by atoms with Gasteiger partial charge < -0.3 is 20.1 Å². The lowest BCUT2D eigenvalue weighted by atomic mass is 9.84. The van der Waals surface area contributed by atoms with Crippen molar-refractivity contribution < 1.29 is 23.9 Å². The SMILES string of the molecule is COC(=O)c1cc(NC(=O)CC(C)C2CCNCC2)cc(C(=O)OC)c1.Cl. The van der Waals surface area contributed by atoms with Crippen LogP contribution in [-0.2, 0) is 14.3 Å². The van der Waals surface area contributed by atoms with E-state index in [-0.39, 0.29) is 35.4 Å². The summed E-state index contributed by atoms with van der Waals surface area (Å²) in [7, 11) is 2.51. The minimum Gasteiger partial charge on any atom is -0.465 e. The highest BCUT2D eigenvalue weighted by Gasteiger charge is 2.22. The first kappa shape index (κ1) is 22.9. The van der Waals surface area contributed by atoms with Crippen molar-refractivity contribution in [3.63, 3.8) is 0 Å². The molecule has 0 saturated carbocycles. The summed E-state index contributed by atoms with van der Waals surface area (Å²) in [6.45, 7) is 4.06. The van der Waals surface area contributed by atoms with Crippen LogP contribution in [0.3, 0.4) is 0 Å². The van der Waals surface area contributed by atoms with Gasteiger partial charge in [0.25, 0.3) is 0 Å². The van der Waals surface area contributed by atoms with Gasteiger partial charge >= 0.3 is 11.9 Å². The van der Waals surface area contributed by atoms with Gasteiger partial charge in [0.15, 0.2) is 0 Å². The largest absolute Gasteiger partial charge is 0.465 e. The first-order chi connectivity index (χ1) is 12.4. The molecule has 27 heavy (non-hydrogen) atoms. The van der Waals surface area contributed by atoms with Crippen molar-refractivity contribution in [1.29, 1.82) is 0 Å². The molecule has 2 rings (SSSR count). The maximum Gasteiger partial charge on any atom is 0.337 e. The first-order valence-corrected chi connectivity index (χ1v) is 8.77. The summed E-state index contributed by atoms with van der Waals surface area (Å²) in [6.07, 6.45) is 2.53. The van der Waals surface area contributed by atoms with Gasteiger partial charge in [-0.1, -0.05) is 6.92 Å². The van der Waals surface area contributed by atoms with Crippen LogP contribution in [0.1, 0.15) is 46.9 Å². The molecule has 8 heteroatoms. The van der Waals surface area contributed by atoms with E-state index in [9.17, 15) is 14.4 Å². The normalized spacial score (nSPS) is 15.2. The van der Waals surface area contributed by atoms with Crippen LogP contribution in [0.2, 0.25) is 0 Å². The minimum atomic E-state index is -0.589. The number of hydrogen-bond acceptors (Lipinski definition) is 6. The molecule has 0 spiro atoms. The number of halogens is 1. The fourth-order valence-corrected chi connectivity index (χ4v) is 3.26. The molecule has 2 N–H and O–H groups in total. The summed E-state index contributed by atoms with van der Waals surface area (Å²) < 4.78 is 9.40. The van der Waals surface area contributed by atoms with Crippen LogP contribution in [0.25, 0.3) is 0 Å². The molecule has 0 radical (unpaired) electrons. The van der Waals surface area contributed by atoms with Crippen molar-refractivity contribution in [1.82, 2.24) is 5.32 Å². The van der Waals surface area contributed by atoms with E-state index in [0.29, 0.717) is 18.0 Å². The molecular formula is C19H27ClN2O5. The molecule has 1 atom stereocenters. The van der Waals surface area contributed by atoms with Crippen molar-refractivity contribution in [2.45, 2.75) is 26.2 Å². The molecule has 1 amide bonds. The quantitative estimate of drug-likeness (QED) is 0.715. The number of nitrogens with one attached hydrogen (secondary N) is 2. The van der Waals surface area contributed by atoms with Gasteiger partial charge in [0, 0.05) is 12.1 Å². The Morgan fingerprint density at radius 2 is 1.59 bits per heavy atom. The van der Waals surface area contributed by atoms with Gasteiger partial charge in [0.2, 0.25) is 5.91 Å². The second-order valence-electron chi connectivity index (χ2n) is 6.60. The number of amides is 1. The summed E-state index contributed by atoms with van der Waals surface area (Å²) in [5, 5.41) is 6.10. The van der Waals surface area contributed by atoms with Gasteiger partial charge in [-0.3, -0.25) is 4.79 Å². The number of ether oxygens (including phenoxy) is 2. The molecule has 7 nitrogen and oxygen atoms in total. The molecule has 150 valence electrons. The molecule has 0 aliphatic carbocycles. The van der Waals surface area contributed by atoms with Crippen molar-refractivity contribution in [3.05, 3.63) is 29.3 Å². The molecule has 0 bridgehead atoms. The highest BCUT2D eigenvalue weighted by Crippen LogP contribution is 2.25. The Balaban J connectivity index is 0.00000364. The third-order valence-corrected chi connectivity index (χ3v) is 4.75. The van der Waals surface area contributed by atoms with Crippen molar-refractivity contribution >= 4 is 35.9 Å². The van der Waals surface area contributed by atoms with E-state index in [0.717, 1.165) is 25.9 Å². The van der Waals surface area contributed by atoms with Gasteiger partial charge in [-0.05, 0) is 56.0 Å². The topological polar surface area (TPSA) is 93.7 Å². The zero-order valence-corrected chi connectivity index (χ0v) is 16.7. The molecule has 1 unspecified atom stereocenters. The number of carbonyl (C=O) groups is 3. The average molecular weight is 399 g/mol. The number of esters is 2. The number of methoxy groups -OCH3 is 2. The molecule has 1 aliphatic heterocycles. The van der Waals surface area contributed by atoms with E-state index < -0.39 is 11.9 Å². The summed E-state index contributed by atoms with van der Waals surface area (Å²) >= 11 is 0. The van der Waals surface area contributed by atoms with Crippen LogP contribution in [-0.4, -0.2) is 45.2 Å². The molecule has 1 aromatic carbocycles. The van der Waals surface area contributed by atoms with Crippen molar-refractivity contribution in [3.8, 4) is 0 Å². The minimum absolute atomic E-state index is 0. The number of hydrogen-bond donors (Lipinski definition) is 2. The predicted molar refractivity (Wildman–Crippen MR) is 104 cm³/mol. The Morgan fingerprint density at radius 1 is 1.07 bits per heavy atom. The zero-order chi connectivity index (χ0) is 19.1. The van der Waals surface area contributed by atoms with Crippen LogP contribution in [0.5, 0.6) is 0 Å². The zero-order valence-electron chi connectivity index (χ0n) is 15.9. The van der Waals surface area contributed by atoms with E-state index in [2.05, 4.69) is 17.6 Å². The van der Waals surface area contributed by atoms with E-state index in [1.54, 1.807) is 0 Å². The lowest BCUT2D eigenvalue weighted by molar-refractivity contribution is -0.117. The van der Waals surface area contributed by atoms with Crippen molar-refractivity contribution in [2.24, 2.45) is 11.8 Å². The lowest BCUT2D eigenvalue weighted by Crippen LogP contribution is -2.32. The van der Waals surface area contributed by atoms with E-state index >= 15 is 0 Å². The summed E-state index contributed by atoms with van der Waals surface area (Å²) in [5.41, 5.74) is 0.727. The summed E-state index contributed by atoms with van der Waals surface area (Å²) in [4.78, 5) is 36.0. The van der Waals surface area contributed by atoms with Crippen LogP contribution >= 0.6 is 12.4 Å². The van der Waals surface area contributed by atoms with E-state index in [4.69, 9.17) is 9.47 Å². The predicted octanol–water partition coefficient (Wildman–Crippen LogP) is 2.65. The molecular weight excluding hydrogens is 372 g/mol. The van der Waals surface area contributed by atoms with Crippen LogP contribution in [0, 0.1) is 11.8 Å². The Morgan fingerprint density at radius 3 is 2.07 bits per heavy atom. The Hall–Kier alpha value is -2.12. The van der Waals surface area contributed by atoms with Gasteiger partial charge in [-0.15, -0.1) is 12.4 Å². The lowest BCUT2D eigenvalue weighted by Gasteiger charge is -2.27. The van der Waals surface area contributed by atoms with Gasteiger partial charge in [-0.2, -0.15) is 0 Å². The number of carbonyl (C=O) groups excluding carboxylic acids is 3. The van der Waals surface area contributed by atoms with E-state index in [1.807, 2.05) is 0 Å². The fourth-order valence-electron chi connectivity index (χ4n) is 3.26. The Labute approximate surface area is 165 Å². The van der Waals surface area contributed by atoms with Crippen LogP contribution < -0.4 is 10.6 Å². The van der Waals surface area contributed by atoms with Crippen LogP contribution in [0.15, 0.2) is 18.2 Å². The Kier molecular flexibility index (Phi) is 9.25. The second-order valence-corrected chi connectivity index (χ2v) is 6.60. The fraction of sp³-hybridized carbons (Fsp3) is 0.526. The molecule has 1 fully saturated rings. The van der Waals surface area contributed by atoms with E-state index in [1.165, 1.54) is 32.4 Å². The number of benzene rings is 1. The molecule has 1 heterocycles. The number of rotatable bonds is 6. The van der Waals surface area contributed by atoms with Crippen LogP contribution in [0.4, 0.5) is 5.69 Å². The molecule has 1 saturated heterocycles. The van der Waals surface area contributed by atoms with Gasteiger partial charge in [-0.25, -0.2) is 9.59 Å². The third kappa shape index (κ3) is 6.52. The highest BCUT2D eigenvalue weighted by atomic mass is 35.5. The summed E-state index contributed by atoms with van der Waals surface area (Å²) in [6, 6.07) is 4.36. The smallest absolute Gasteiger partial charge is 0.337 e. The highest BCUT2D eigenvalue weighted by molar-refractivity contribution is 5.99. The van der Waals surface area contributed by atoms with Crippen molar-refractivity contribution in [2.75, 3.05) is 32.6 Å². The third-order valence-electron chi connectivity index (χ3n) is 4.75. The number of piperidine rings is 1. The number of anilines is 1. The standard InChI is InChI=1S/C19H26N2O5.ClH/c1-12(13-4-6-20-7-5-13)8-17(22)21-16-10-14(18(23)25-2)9-15(11-16)19(24)26-3;/h9-13,20H,4-8H2,1-3H3,(H,21,22);1H.